The summed E-state index contributed by atoms with van der Waals surface area (Å²) in [4.78, 5) is 26.6. The van der Waals surface area contributed by atoms with Gasteiger partial charge in [0, 0.05) is 33.1 Å². The highest BCUT2D eigenvalue weighted by Gasteiger charge is 2.16. The van der Waals surface area contributed by atoms with Crippen LogP contribution in [0.2, 0.25) is 0 Å². The van der Waals surface area contributed by atoms with Gasteiger partial charge in [-0.25, -0.2) is 0 Å². The van der Waals surface area contributed by atoms with Gasteiger partial charge in [-0.1, -0.05) is 0 Å². The van der Waals surface area contributed by atoms with Crippen molar-refractivity contribution in [2.45, 2.75) is 26.7 Å². The van der Waals surface area contributed by atoms with Gasteiger partial charge in [0.1, 0.15) is 0 Å². The first-order valence-corrected chi connectivity index (χ1v) is 6.27. The number of hydrogen-bond donors (Lipinski definition) is 0. The van der Waals surface area contributed by atoms with Crippen LogP contribution in [0.25, 0.3) is 0 Å². The van der Waals surface area contributed by atoms with Crippen LogP contribution >= 0.6 is 0 Å². The van der Waals surface area contributed by atoms with Gasteiger partial charge >= 0.3 is 5.97 Å². The summed E-state index contributed by atoms with van der Waals surface area (Å²) in [5.74, 6) is -0.00239. The van der Waals surface area contributed by atoms with E-state index in [1.54, 1.807) is 6.92 Å². The van der Waals surface area contributed by atoms with Crippen molar-refractivity contribution in [3.05, 3.63) is 0 Å². The van der Waals surface area contributed by atoms with E-state index in [9.17, 15) is 9.59 Å². The summed E-state index contributed by atoms with van der Waals surface area (Å²) in [6.45, 7) is 7.97. The van der Waals surface area contributed by atoms with E-state index in [1.807, 2.05) is 11.8 Å². The number of nitrogens with zero attached hydrogens (tertiary/aromatic N) is 2. The largest absolute Gasteiger partial charge is 0.466 e. The molecule has 0 aromatic carbocycles. The second-order valence-electron chi connectivity index (χ2n) is 4.26. The molecule has 0 saturated carbocycles. The van der Waals surface area contributed by atoms with E-state index in [1.165, 1.54) is 0 Å². The van der Waals surface area contributed by atoms with Gasteiger partial charge < -0.3 is 14.5 Å². The Hall–Kier alpha value is -1.10. The average molecular weight is 242 g/mol. The predicted molar refractivity (Wildman–Crippen MR) is 64.6 cm³/mol. The molecule has 1 aliphatic rings. The second-order valence-corrected chi connectivity index (χ2v) is 4.26. The number of rotatable bonds is 4. The molecule has 0 radical (unpaired) electrons. The number of amides is 1. The summed E-state index contributed by atoms with van der Waals surface area (Å²) in [7, 11) is 0. The van der Waals surface area contributed by atoms with Gasteiger partial charge in [0.05, 0.1) is 13.0 Å². The van der Waals surface area contributed by atoms with Crippen LogP contribution in [0.3, 0.4) is 0 Å². The van der Waals surface area contributed by atoms with Gasteiger partial charge in [-0.2, -0.15) is 0 Å². The predicted octanol–water partition coefficient (Wildman–Crippen LogP) is 0.494. The lowest BCUT2D eigenvalue weighted by Gasteiger charge is -2.20. The van der Waals surface area contributed by atoms with Crippen molar-refractivity contribution in [2.24, 2.45) is 0 Å². The zero-order valence-corrected chi connectivity index (χ0v) is 10.8. The topological polar surface area (TPSA) is 49.9 Å². The highest BCUT2D eigenvalue weighted by Crippen LogP contribution is 2.04. The maximum Gasteiger partial charge on any atom is 0.307 e. The molecule has 5 nitrogen and oxygen atoms in total. The van der Waals surface area contributed by atoms with Crippen molar-refractivity contribution in [3.63, 3.8) is 0 Å². The number of carbonyl (C=O) groups excluding carboxylic acids is 2. The summed E-state index contributed by atoms with van der Waals surface area (Å²) in [6.07, 6.45) is 1.41. The Morgan fingerprint density at radius 1 is 1.18 bits per heavy atom. The first-order valence-electron chi connectivity index (χ1n) is 6.27. The molecule has 1 rings (SSSR count). The smallest absolute Gasteiger partial charge is 0.307 e. The highest BCUT2D eigenvalue weighted by atomic mass is 16.5. The molecule has 17 heavy (non-hydrogen) atoms. The fraction of sp³-hybridized carbons (Fsp3) is 0.833. The lowest BCUT2D eigenvalue weighted by molar-refractivity contribution is -0.143. The third-order valence-corrected chi connectivity index (χ3v) is 2.97. The maximum absolute atomic E-state index is 11.2. The molecule has 1 amide bonds. The van der Waals surface area contributed by atoms with Crippen LogP contribution in [0.4, 0.5) is 0 Å². The van der Waals surface area contributed by atoms with Crippen LogP contribution in [0, 0.1) is 0 Å². The molecule has 98 valence electrons. The molecule has 0 aromatic rings. The molecule has 0 bridgehead atoms. The van der Waals surface area contributed by atoms with Gasteiger partial charge in [-0.05, 0) is 19.9 Å². The Morgan fingerprint density at radius 3 is 2.59 bits per heavy atom. The molecule has 0 unspecified atom stereocenters. The normalized spacial score (nSPS) is 17.6. The quantitative estimate of drug-likeness (QED) is 0.673. The molecule has 1 saturated heterocycles. The maximum atomic E-state index is 11.2. The summed E-state index contributed by atoms with van der Waals surface area (Å²) in [5, 5.41) is 0. The van der Waals surface area contributed by atoms with Crippen molar-refractivity contribution >= 4 is 11.9 Å². The Labute approximate surface area is 103 Å². The van der Waals surface area contributed by atoms with Crippen LogP contribution in [-0.4, -0.2) is 61.0 Å². The Morgan fingerprint density at radius 2 is 1.94 bits per heavy atom. The zero-order valence-electron chi connectivity index (χ0n) is 10.8. The first kappa shape index (κ1) is 14.0. The number of hydrogen-bond acceptors (Lipinski definition) is 4. The van der Waals surface area contributed by atoms with Crippen LogP contribution in [-0.2, 0) is 14.3 Å². The Balaban J connectivity index is 2.27. The van der Waals surface area contributed by atoms with Crippen LogP contribution < -0.4 is 0 Å². The minimum atomic E-state index is -0.139. The van der Waals surface area contributed by atoms with Crippen molar-refractivity contribution in [3.8, 4) is 0 Å². The molecule has 0 spiro atoms. The molecule has 0 N–H and O–H groups in total. The zero-order chi connectivity index (χ0) is 12.7. The van der Waals surface area contributed by atoms with E-state index in [-0.39, 0.29) is 11.9 Å². The molecular formula is C12H22N2O3. The third kappa shape index (κ3) is 5.17. The van der Waals surface area contributed by atoms with Gasteiger partial charge in [-0.3, -0.25) is 9.59 Å². The van der Waals surface area contributed by atoms with E-state index in [0.29, 0.717) is 13.0 Å². The number of esters is 1. The van der Waals surface area contributed by atoms with Gasteiger partial charge in [0.2, 0.25) is 5.91 Å². The summed E-state index contributed by atoms with van der Waals surface area (Å²) < 4.78 is 4.89. The van der Waals surface area contributed by atoms with Crippen LogP contribution in [0.1, 0.15) is 26.7 Å². The SMILES string of the molecule is CCOC(=O)CCN1CCCN(C(C)=O)CC1. The molecule has 0 aromatic heterocycles. The Kier molecular flexibility index (Phi) is 5.97. The highest BCUT2D eigenvalue weighted by molar-refractivity contribution is 5.73. The van der Waals surface area contributed by atoms with E-state index < -0.39 is 0 Å². The molecule has 1 heterocycles. The number of ether oxygens (including phenoxy) is 1. The minimum absolute atomic E-state index is 0.136. The van der Waals surface area contributed by atoms with Gasteiger partial charge in [-0.15, -0.1) is 0 Å². The fourth-order valence-corrected chi connectivity index (χ4v) is 1.99. The van der Waals surface area contributed by atoms with E-state index >= 15 is 0 Å². The van der Waals surface area contributed by atoms with Crippen LogP contribution in [0.5, 0.6) is 0 Å². The summed E-state index contributed by atoms with van der Waals surface area (Å²) in [6, 6.07) is 0. The lowest BCUT2D eigenvalue weighted by Crippen LogP contribution is -2.34. The lowest BCUT2D eigenvalue weighted by atomic mass is 10.3. The molecular weight excluding hydrogens is 220 g/mol. The average Bonchev–Trinajstić information content (AvgIpc) is 2.52. The van der Waals surface area contributed by atoms with Crippen molar-refractivity contribution in [1.82, 2.24) is 9.80 Å². The van der Waals surface area contributed by atoms with Gasteiger partial charge in [0.25, 0.3) is 0 Å². The monoisotopic (exact) mass is 242 g/mol. The van der Waals surface area contributed by atoms with Crippen molar-refractivity contribution < 1.29 is 14.3 Å². The molecule has 1 aliphatic heterocycles. The third-order valence-electron chi connectivity index (χ3n) is 2.97. The fourth-order valence-electron chi connectivity index (χ4n) is 1.99. The molecule has 0 atom stereocenters. The van der Waals surface area contributed by atoms with E-state index in [2.05, 4.69) is 4.90 Å². The van der Waals surface area contributed by atoms with Crippen molar-refractivity contribution in [2.75, 3.05) is 39.3 Å². The first-order chi connectivity index (χ1) is 8.13. The summed E-state index contributed by atoms with van der Waals surface area (Å²) >= 11 is 0. The molecule has 1 fully saturated rings. The van der Waals surface area contributed by atoms with E-state index in [4.69, 9.17) is 4.74 Å². The molecule has 5 heteroatoms. The number of carbonyl (C=O) groups is 2. The standard InChI is InChI=1S/C12H22N2O3/c1-3-17-12(16)5-8-13-6-4-7-14(10-9-13)11(2)15/h3-10H2,1-2H3. The Bertz CT molecular complexity index is 268. The van der Waals surface area contributed by atoms with Gasteiger partial charge in [0.15, 0.2) is 0 Å². The second kappa shape index (κ2) is 7.27. The van der Waals surface area contributed by atoms with Crippen molar-refractivity contribution in [1.29, 1.82) is 0 Å². The summed E-state index contributed by atoms with van der Waals surface area (Å²) in [5.41, 5.74) is 0. The van der Waals surface area contributed by atoms with Crippen LogP contribution in [0.15, 0.2) is 0 Å². The van der Waals surface area contributed by atoms with E-state index in [0.717, 1.165) is 39.1 Å². The minimum Gasteiger partial charge on any atom is -0.466 e. The molecule has 0 aliphatic carbocycles.